The van der Waals surface area contributed by atoms with Crippen molar-refractivity contribution in [3.63, 3.8) is 0 Å². The van der Waals surface area contributed by atoms with Crippen molar-refractivity contribution in [1.82, 2.24) is 0 Å². The topological polar surface area (TPSA) is 63.6 Å². The molecule has 0 radical (unpaired) electrons. The molecule has 0 fully saturated rings. The average molecular weight is 462 g/mol. The molecule has 0 saturated heterocycles. The number of allylic oxidation sites excluding steroid dienone is 2. The fourth-order valence-electron chi connectivity index (χ4n) is 3.40. The summed E-state index contributed by atoms with van der Waals surface area (Å²) in [7, 11) is -3.94. The zero-order valence-electron chi connectivity index (χ0n) is 18.1. The Balaban J connectivity index is 1.77. The van der Waals surface area contributed by atoms with Crippen LogP contribution in [0, 0.1) is 6.92 Å². The summed E-state index contributed by atoms with van der Waals surface area (Å²) in [5.41, 5.74) is 3.42. The van der Waals surface area contributed by atoms with E-state index in [9.17, 15) is 13.2 Å². The molecule has 1 aliphatic rings. The summed E-state index contributed by atoms with van der Waals surface area (Å²) in [4.78, 5) is 14.6. The van der Waals surface area contributed by atoms with E-state index < -0.39 is 10.0 Å². The van der Waals surface area contributed by atoms with Crippen molar-refractivity contribution < 1.29 is 13.2 Å². The van der Waals surface area contributed by atoms with Crippen molar-refractivity contribution in [2.45, 2.75) is 36.5 Å². The number of ketones is 1. The van der Waals surface area contributed by atoms with E-state index in [0.29, 0.717) is 21.9 Å². The van der Waals surface area contributed by atoms with Crippen LogP contribution in [-0.4, -0.2) is 19.9 Å². The van der Waals surface area contributed by atoms with Crippen molar-refractivity contribution in [3.05, 3.63) is 106 Å². The molecule has 3 aromatic carbocycles. The van der Waals surface area contributed by atoms with Crippen molar-refractivity contribution >= 4 is 33.3 Å². The highest BCUT2D eigenvalue weighted by Crippen LogP contribution is 2.34. The van der Waals surface area contributed by atoms with Crippen LogP contribution in [0.1, 0.15) is 46.8 Å². The van der Waals surface area contributed by atoms with Crippen LogP contribution in [0.3, 0.4) is 0 Å². The Labute approximate surface area is 193 Å². The van der Waals surface area contributed by atoms with Gasteiger partial charge in [-0.2, -0.15) is 12.8 Å². The van der Waals surface area contributed by atoms with Gasteiger partial charge in [-0.1, -0.05) is 79.7 Å². The van der Waals surface area contributed by atoms with Crippen molar-refractivity contribution in [1.29, 1.82) is 0 Å². The van der Waals surface area contributed by atoms with Gasteiger partial charge in [0, 0.05) is 16.0 Å². The van der Waals surface area contributed by atoms with Crippen molar-refractivity contribution in [2.24, 2.45) is 4.40 Å². The summed E-state index contributed by atoms with van der Waals surface area (Å²) < 4.78 is 30.3. The molecule has 4 rings (SSSR count). The molecule has 32 heavy (non-hydrogen) atoms. The smallest absolute Gasteiger partial charge is 0.282 e. The van der Waals surface area contributed by atoms with Gasteiger partial charge in [-0.25, -0.2) is 0 Å². The second-order valence-electron chi connectivity index (χ2n) is 7.97. The Morgan fingerprint density at radius 1 is 0.844 bits per heavy atom. The lowest BCUT2D eigenvalue weighted by atomic mass is 9.94. The molecule has 0 saturated carbocycles. The SMILES string of the molecule is Cc1ccc(SC2=CC(=NS(=O)(=O)c3ccc(C(C)C)cc3)c3ccccc3C2=O)cc1. The van der Waals surface area contributed by atoms with E-state index in [0.717, 1.165) is 16.0 Å². The molecule has 1 aliphatic carbocycles. The second kappa shape index (κ2) is 8.88. The zero-order chi connectivity index (χ0) is 22.9. The molecule has 4 nitrogen and oxygen atoms in total. The maximum absolute atomic E-state index is 13.1. The van der Waals surface area contributed by atoms with E-state index in [1.54, 1.807) is 42.5 Å². The highest BCUT2D eigenvalue weighted by atomic mass is 32.2. The number of nitrogens with zero attached hydrogens (tertiary/aromatic N) is 1. The van der Waals surface area contributed by atoms with Crippen LogP contribution in [0.15, 0.2) is 98.0 Å². The first-order valence-corrected chi connectivity index (χ1v) is 12.6. The van der Waals surface area contributed by atoms with Crippen LogP contribution in [-0.2, 0) is 10.0 Å². The Hall–Kier alpha value is -2.96. The zero-order valence-corrected chi connectivity index (χ0v) is 19.7. The van der Waals surface area contributed by atoms with Crippen molar-refractivity contribution in [2.75, 3.05) is 0 Å². The van der Waals surface area contributed by atoms with Gasteiger partial charge >= 0.3 is 0 Å². The van der Waals surface area contributed by atoms with Gasteiger partial charge in [0.05, 0.1) is 15.5 Å². The largest absolute Gasteiger partial charge is 0.288 e. The quantitative estimate of drug-likeness (QED) is 0.456. The van der Waals surface area contributed by atoms with Gasteiger partial charge in [-0.05, 0) is 48.7 Å². The fraction of sp³-hybridized carbons (Fsp3) is 0.154. The number of carbonyl (C=O) groups is 1. The first-order chi connectivity index (χ1) is 15.2. The van der Waals surface area contributed by atoms with E-state index in [1.165, 1.54) is 11.8 Å². The highest BCUT2D eigenvalue weighted by Gasteiger charge is 2.26. The minimum atomic E-state index is -3.94. The van der Waals surface area contributed by atoms with Crippen LogP contribution in [0.2, 0.25) is 0 Å². The van der Waals surface area contributed by atoms with Crippen LogP contribution >= 0.6 is 11.8 Å². The van der Waals surface area contributed by atoms with Gasteiger partial charge in [0.2, 0.25) is 0 Å². The van der Waals surface area contributed by atoms with Gasteiger partial charge in [0.15, 0.2) is 5.78 Å². The van der Waals surface area contributed by atoms with E-state index in [2.05, 4.69) is 18.2 Å². The molecule has 0 atom stereocenters. The average Bonchev–Trinajstić information content (AvgIpc) is 2.78. The number of thioether (sulfide) groups is 1. The van der Waals surface area contributed by atoms with Crippen molar-refractivity contribution in [3.8, 4) is 0 Å². The molecule has 0 aromatic heterocycles. The first-order valence-electron chi connectivity index (χ1n) is 10.3. The lowest BCUT2D eigenvalue weighted by Crippen LogP contribution is -2.17. The van der Waals surface area contributed by atoms with Crippen LogP contribution in [0.5, 0.6) is 0 Å². The minimum absolute atomic E-state index is 0.130. The third-order valence-corrected chi connectivity index (χ3v) is 7.59. The first kappa shape index (κ1) is 22.2. The number of hydrogen-bond donors (Lipinski definition) is 0. The molecular weight excluding hydrogens is 438 g/mol. The Bertz CT molecular complexity index is 1330. The maximum atomic E-state index is 13.1. The van der Waals surface area contributed by atoms with Crippen LogP contribution < -0.4 is 0 Å². The molecular formula is C26H23NO3S2. The third kappa shape index (κ3) is 4.61. The summed E-state index contributed by atoms with van der Waals surface area (Å²) in [6.07, 6.45) is 1.58. The number of hydrogen-bond acceptors (Lipinski definition) is 4. The van der Waals surface area contributed by atoms with E-state index in [-0.39, 0.29) is 16.4 Å². The summed E-state index contributed by atoms with van der Waals surface area (Å²) in [6, 6.07) is 21.6. The van der Waals surface area contributed by atoms with Gasteiger partial charge < -0.3 is 0 Å². The number of rotatable bonds is 5. The van der Waals surface area contributed by atoms with E-state index >= 15 is 0 Å². The minimum Gasteiger partial charge on any atom is -0.288 e. The van der Waals surface area contributed by atoms with Gasteiger partial charge in [0.1, 0.15) is 0 Å². The maximum Gasteiger partial charge on any atom is 0.282 e. The molecule has 0 heterocycles. The number of benzene rings is 3. The molecule has 0 bridgehead atoms. The molecule has 0 unspecified atom stereocenters. The number of aryl methyl sites for hydroxylation is 1. The van der Waals surface area contributed by atoms with Gasteiger partial charge in [0.25, 0.3) is 10.0 Å². The molecule has 0 N–H and O–H groups in total. The standard InChI is InChI=1S/C26H23NO3S2/c1-17(2)19-10-14-21(15-11-19)32(29,30)27-24-16-25(31-20-12-8-18(3)9-13-20)26(28)23-7-5-4-6-22(23)24/h4-17H,1-3H3. The predicted molar refractivity (Wildman–Crippen MR) is 130 cm³/mol. The second-order valence-corrected chi connectivity index (χ2v) is 10.7. The van der Waals surface area contributed by atoms with Crippen LogP contribution in [0.25, 0.3) is 0 Å². The predicted octanol–water partition coefficient (Wildman–Crippen LogP) is 6.17. The number of carbonyl (C=O) groups excluding carboxylic acids is 1. The molecule has 3 aromatic rings. The van der Waals surface area contributed by atoms with E-state index in [4.69, 9.17) is 0 Å². The Morgan fingerprint density at radius 2 is 1.47 bits per heavy atom. The normalized spacial score (nSPS) is 15.1. The van der Waals surface area contributed by atoms with Gasteiger partial charge in [-0.3, -0.25) is 4.79 Å². The molecule has 162 valence electrons. The van der Waals surface area contributed by atoms with Gasteiger partial charge in [-0.15, -0.1) is 0 Å². The Morgan fingerprint density at radius 3 is 2.09 bits per heavy atom. The number of Topliss-reactive ketones (excluding diaryl/α,β-unsaturated/α-hetero) is 1. The molecule has 0 spiro atoms. The number of sulfonamides is 1. The Kier molecular flexibility index (Phi) is 6.17. The summed E-state index contributed by atoms with van der Waals surface area (Å²) in [5, 5.41) is 0. The molecule has 6 heteroatoms. The highest BCUT2D eigenvalue weighted by molar-refractivity contribution is 8.04. The van der Waals surface area contributed by atoms with Crippen LogP contribution in [0.4, 0.5) is 0 Å². The fourth-order valence-corrected chi connectivity index (χ4v) is 5.29. The van der Waals surface area contributed by atoms with E-state index in [1.807, 2.05) is 43.3 Å². The lowest BCUT2D eigenvalue weighted by Gasteiger charge is -2.17. The summed E-state index contributed by atoms with van der Waals surface area (Å²) >= 11 is 1.31. The summed E-state index contributed by atoms with van der Waals surface area (Å²) in [5.74, 6) is 0.169. The number of fused-ring (bicyclic) bond motifs is 1. The third-order valence-electron chi connectivity index (χ3n) is 5.25. The molecule has 0 amide bonds. The monoisotopic (exact) mass is 461 g/mol. The molecule has 0 aliphatic heterocycles. The summed E-state index contributed by atoms with van der Waals surface area (Å²) in [6.45, 7) is 6.11. The lowest BCUT2D eigenvalue weighted by molar-refractivity contribution is 0.104.